The summed E-state index contributed by atoms with van der Waals surface area (Å²) in [6, 6.07) is 10.7. The van der Waals surface area contributed by atoms with Crippen LogP contribution in [0.3, 0.4) is 0 Å². The molecular weight excluding hydrogens is 331 g/mol. The summed E-state index contributed by atoms with van der Waals surface area (Å²) in [5, 5.41) is 12.0. The molecule has 86 valence electrons. The van der Waals surface area contributed by atoms with Gasteiger partial charge in [-0.3, -0.25) is 0 Å². The molecule has 0 unspecified atom stereocenters. The van der Waals surface area contributed by atoms with Crippen LogP contribution in [0.4, 0.5) is 11.5 Å². The molecule has 2 N–H and O–H groups in total. The van der Waals surface area contributed by atoms with Crippen molar-refractivity contribution >= 4 is 40.1 Å². The molecule has 0 atom stereocenters. The van der Waals surface area contributed by atoms with Gasteiger partial charge >= 0.3 is 5.97 Å². The number of carbonyl (C=O) groups is 1. The molecular formula is C12H9IN2O2. The largest absolute Gasteiger partial charge is 0.478 e. The summed E-state index contributed by atoms with van der Waals surface area (Å²) in [6.45, 7) is 0. The average Bonchev–Trinajstić information content (AvgIpc) is 2.32. The fourth-order valence-corrected chi connectivity index (χ4v) is 1.85. The van der Waals surface area contributed by atoms with E-state index in [4.69, 9.17) is 5.11 Å². The molecule has 1 aromatic heterocycles. The number of pyridine rings is 1. The predicted molar refractivity (Wildman–Crippen MR) is 73.6 cm³/mol. The Kier molecular flexibility index (Phi) is 3.58. The van der Waals surface area contributed by atoms with Crippen LogP contribution < -0.4 is 5.32 Å². The molecule has 4 nitrogen and oxygen atoms in total. The molecule has 0 spiro atoms. The van der Waals surface area contributed by atoms with E-state index < -0.39 is 5.97 Å². The zero-order valence-corrected chi connectivity index (χ0v) is 10.9. The van der Waals surface area contributed by atoms with Crippen molar-refractivity contribution in [3.05, 3.63) is 51.7 Å². The molecule has 2 rings (SSSR count). The quantitative estimate of drug-likeness (QED) is 0.843. The summed E-state index contributed by atoms with van der Waals surface area (Å²) in [4.78, 5) is 14.9. The van der Waals surface area contributed by atoms with Gasteiger partial charge in [0, 0.05) is 9.77 Å². The second-order valence-corrected chi connectivity index (χ2v) is 4.50. The van der Waals surface area contributed by atoms with E-state index in [9.17, 15) is 4.79 Å². The smallest absolute Gasteiger partial charge is 0.335 e. The van der Waals surface area contributed by atoms with Crippen LogP contribution in [-0.4, -0.2) is 16.1 Å². The standard InChI is InChI=1S/C12H9IN2O2/c13-9-3-1-2-4-10(9)15-11-7-8(12(16)17)5-6-14-11/h1-7H,(H,14,15)(H,16,17). The number of para-hydroxylation sites is 1. The second kappa shape index (κ2) is 5.13. The van der Waals surface area contributed by atoms with E-state index >= 15 is 0 Å². The molecule has 0 amide bonds. The summed E-state index contributed by atoms with van der Waals surface area (Å²) < 4.78 is 1.05. The van der Waals surface area contributed by atoms with Crippen LogP contribution in [0, 0.1) is 3.57 Å². The summed E-state index contributed by atoms with van der Waals surface area (Å²) >= 11 is 2.20. The number of carboxylic acids is 1. The molecule has 1 aromatic carbocycles. The Morgan fingerprint density at radius 1 is 1.29 bits per heavy atom. The fourth-order valence-electron chi connectivity index (χ4n) is 1.33. The van der Waals surface area contributed by atoms with E-state index in [1.165, 1.54) is 18.3 Å². The Morgan fingerprint density at radius 2 is 2.06 bits per heavy atom. The number of rotatable bonds is 3. The molecule has 2 aromatic rings. The lowest BCUT2D eigenvalue weighted by molar-refractivity contribution is 0.0697. The normalized spacial score (nSPS) is 9.94. The molecule has 1 heterocycles. The maximum atomic E-state index is 10.8. The van der Waals surface area contributed by atoms with Crippen LogP contribution in [-0.2, 0) is 0 Å². The Hall–Kier alpha value is -1.63. The number of nitrogens with one attached hydrogen (secondary N) is 1. The van der Waals surface area contributed by atoms with Crippen LogP contribution >= 0.6 is 22.6 Å². The number of aromatic carboxylic acids is 1. The summed E-state index contributed by atoms with van der Waals surface area (Å²) in [5.74, 6) is -0.438. The fraction of sp³-hybridized carbons (Fsp3) is 0. The van der Waals surface area contributed by atoms with Gasteiger partial charge in [0.05, 0.1) is 11.3 Å². The molecule has 17 heavy (non-hydrogen) atoms. The highest BCUT2D eigenvalue weighted by Gasteiger charge is 2.05. The molecule has 0 bridgehead atoms. The molecule has 5 heteroatoms. The topological polar surface area (TPSA) is 62.2 Å². The minimum absolute atomic E-state index is 0.216. The van der Waals surface area contributed by atoms with Crippen molar-refractivity contribution in [2.24, 2.45) is 0 Å². The van der Waals surface area contributed by atoms with Crippen molar-refractivity contribution < 1.29 is 9.90 Å². The number of hydrogen-bond donors (Lipinski definition) is 2. The maximum absolute atomic E-state index is 10.8. The van der Waals surface area contributed by atoms with Gasteiger partial charge in [-0.1, -0.05) is 12.1 Å². The number of halogens is 1. The van der Waals surface area contributed by atoms with Gasteiger partial charge in [-0.15, -0.1) is 0 Å². The monoisotopic (exact) mass is 340 g/mol. The first-order valence-electron chi connectivity index (χ1n) is 4.88. The lowest BCUT2D eigenvalue weighted by Gasteiger charge is -2.07. The van der Waals surface area contributed by atoms with Crippen molar-refractivity contribution in [1.29, 1.82) is 0 Å². The Morgan fingerprint density at radius 3 is 2.76 bits per heavy atom. The van der Waals surface area contributed by atoms with E-state index in [-0.39, 0.29) is 5.56 Å². The molecule has 0 aliphatic rings. The number of carboxylic acid groups (broad SMARTS) is 1. The van der Waals surface area contributed by atoms with Gasteiger partial charge in [0.1, 0.15) is 5.82 Å². The van der Waals surface area contributed by atoms with Crippen molar-refractivity contribution in [2.75, 3.05) is 5.32 Å². The highest BCUT2D eigenvalue weighted by Crippen LogP contribution is 2.21. The van der Waals surface area contributed by atoms with E-state index in [2.05, 4.69) is 32.9 Å². The molecule has 0 aliphatic heterocycles. The summed E-state index contributed by atoms with van der Waals surface area (Å²) in [7, 11) is 0. The van der Waals surface area contributed by atoms with Crippen molar-refractivity contribution in [2.45, 2.75) is 0 Å². The Bertz CT molecular complexity index is 558. The van der Waals surface area contributed by atoms with Crippen LogP contribution in [0.15, 0.2) is 42.6 Å². The minimum Gasteiger partial charge on any atom is -0.478 e. The lowest BCUT2D eigenvalue weighted by Crippen LogP contribution is -2.00. The van der Waals surface area contributed by atoms with E-state index in [0.29, 0.717) is 5.82 Å². The first-order valence-corrected chi connectivity index (χ1v) is 5.95. The van der Waals surface area contributed by atoms with Gasteiger partial charge in [-0.2, -0.15) is 0 Å². The molecule has 0 radical (unpaired) electrons. The minimum atomic E-state index is -0.960. The Balaban J connectivity index is 2.28. The van der Waals surface area contributed by atoms with Gasteiger partial charge in [-0.05, 0) is 46.9 Å². The zero-order chi connectivity index (χ0) is 12.3. The van der Waals surface area contributed by atoms with Crippen LogP contribution in [0.5, 0.6) is 0 Å². The van der Waals surface area contributed by atoms with Crippen molar-refractivity contribution in [3.8, 4) is 0 Å². The second-order valence-electron chi connectivity index (χ2n) is 3.34. The number of aromatic nitrogens is 1. The van der Waals surface area contributed by atoms with E-state index in [0.717, 1.165) is 9.26 Å². The maximum Gasteiger partial charge on any atom is 0.335 e. The number of anilines is 2. The third kappa shape index (κ3) is 2.94. The number of nitrogens with zero attached hydrogens (tertiary/aromatic N) is 1. The average molecular weight is 340 g/mol. The highest BCUT2D eigenvalue weighted by molar-refractivity contribution is 14.1. The summed E-state index contributed by atoms with van der Waals surface area (Å²) in [6.07, 6.45) is 1.47. The third-order valence-electron chi connectivity index (χ3n) is 2.14. The van der Waals surface area contributed by atoms with Gasteiger partial charge in [0.15, 0.2) is 0 Å². The van der Waals surface area contributed by atoms with E-state index in [1.54, 1.807) is 0 Å². The Labute approximate surface area is 112 Å². The number of benzene rings is 1. The van der Waals surface area contributed by atoms with Gasteiger partial charge < -0.3 is 10.4 Å². The molecule has 0 saturated heterocycles. The first kappa shape index (κ1) is 11.8. The SMILES string of the molecule is O=C(O)c1ccnc(Nc2ccccc2I)c1. The van der Waals surface area contributed by atoms with Gasteiger partial charge in [0.2, 0.25) is 0 Å². The lowest BCUT2D eigenvalue weighted by atomic mass is 10.2. The molecule has 0 aliphatic carbocycles. The first-order chi connectivity index (χ1) is 8.16. The van der Waals surface area contributed by atoms with Crippen LogP contribution in [0.1, 0.15) is 10.4 Å². The third-order valence-corrected chi connectivity index (χ3v) is 3.08. The van der Waals surface area contributed by atoms with Crippen LogP contribution in [0.25, 0.3) is 0 Å². The van der Waals surface area contributed by atoms with Crippen molar-refractivity contribution in [1.82, 2.24) is 4.98 Å². The highest BCUT2D eigenvalue weighted by atomic mass is 127. The van der Waals surface area contributed by atoms with E-state index in [1.807, 2.05) is 24.3 Å². The van der Waals surface area contributed by atoms with Crippen LogP contribution in [0.2, 0.25) is 0 Å². The zero-order valence-electron chi connectivity index (χ0n) is 8.72. The summed E-state index contributed by atoms with van der Waals surface area (Å²) in [5.41, 5.74) is 1.12. The molecule has 0 saturated carbocycles. The van der Waals surface area contributed by atoms with Gasteiger partial charge in [0.25, 0.3) is 0 Å². The number of hydrogen-bond acceptors (Lipinski definition) is 3. The van der Waals surface area contributed by atoms with Gasteiger partial charge in [-0.25, -0.2) is 9.78 Å². The molecule has 0 fully saturated rings. The predicted octanol–water partition coefficient (Wildman–Crippen LogP) is 3.13. The van der Waals surface area contributed by atoms with Crippen molar-refractivity contribution in [3.63, 3.8) is 0 Å².